The molecule has 0 amide bonds. The van der Waals surface area contributed by atoms with Gasteiger partial charge in [0.25, 0.3) is 0 Å². The lowest BCUT2D eigenvalue weighted by molar-refractivity contribution is 0.282. The third-order valence-electron chi connectivity index (χ3n) is 2.77. The topological polar surface area (TPSA) is 66.4 Å². The van der Waals surface area contributed by atoms with Crippen molar-refractivity contribution in [3.05, 3.63) is 29.8 Å². The third kappa shape index (κ3) is 4.75. The van der Waals surface area contributed by atoms with Gasteiger partial charge in [0.2, 0.25) is 10.0 Å². The van der Waals surface area contributed by atoms with Crippen LogP contribution >= 0.6 is 27.7 Å². The monoisotopic (exact) mass is 367 g/mol. The number of benzene rings is 1. The lowest BCUT2D eigenvalue weighted by atomic mass is 10.2. The molecule has 4 nitrogen and oxygen atoms in total. The fraction of sp³-hybridized carbons (Fsp3) is 0.500. The van der Waals surface area contributed by atoms with E-state index in [-0.39, 0.29) is 22.8 Å². The van der Waals surface area contributed by atoms with Crippen molar-refractivity contribution < 1.29 is 13.5 Å². The Balaban J connectivity index is 2.85. The summed E-state index contributed by atoms with van der Waals surface area (Å²) in [7, 11) is -3.54. The highest BCUT2D eigenvalue weighted by Crippen LogP contribution is 2.16. The first-order chi connectivity index (χ1) is 8.94. The van der Waals surface area contributed by atoms with Crippen molar-refractivity contribution in [1.29, 1.82) is 0 Å². The van der Waals surface area contributed by atoms with Crippen LogP contribution in [-0.2, 0) is 15.4 Å². The molecule has 0 heterocycles. The third-order valence-corrected chi connectivity index (χ3v) is 6.15. The molecule has 0 aliphatic heterocycles. The first-order valence-corrected chi connectivity index (χ1v) is 9.64. The Labute approximate surface area is 127 Å². The Morgan fingerprint density at radius 3 is 2.37 bits per heavy atom. The maximum absolute atomic E-state index is 12.2. The molecule has 19 heavy (non-hydrogen) atoms. The quantitative estimate of drug-likeness (QED) is 0.723. The van der Waals surface area contributed by atoms with E-state index in [0.29, 0.717) is 5.33 Å². The minimum absolute atomic E-state index is 0.0621. The summed E-state index contributed by atoms with van der Waals surface area (Å²) >= 11 is 4.75. The van der Waals surface area contributed by atoms with Crippen LogP contribution in [0.25, 0.3) is 0 Å². The Morgan fingerprint density at radius 1 is 1.37 bits per heavy atom. The number of alkyl halides is 1. The second-order valence-corrected chi connectivity index (χ2v) is 7.50. The molecule has 0 aliphatic rings. The predicted molar refractivity (Wildman–Crippen MR) is 83.2 cm³/mol. The Bertz CT molecular complexity index is 486. The van der Waals surface area contributed by atoms with E-state index in [1.54, 1.807) is 31.2 Å². The molecular weight excluding hydrogens is 350 g/mol. The maximum Gasteiger partial charge on any atom is 0.240 e. The van der Waals surface area contributed by atoms with Crippen molar-refractivity contribution in [2.45, 2.75) is 28.4 Å². The Hall–Kier alpha value is -0.0800. The highest BCUT2D eigenvalue weighted by Gasteiger charge is 2.22. The number of halogens is 1. The number of sulfonamides is 1. The van der Waals surface area contributed by atoms with Crippen molar-refractivity contribution in [3.8, 4) is 0 Å². The van der Waals surface area contributed by atoms with Crippen molar-refractivity contribution in [2.24, 2.45) is 0 Å². The van der Waals surface area contributed by atoms with Crippen molar-refractivity contribution in [2.75, 3.05) is 12.9 Å². The van der Waals surface area contributed by atoms with Crippen LogP contribution in [0.5, 0.6) is 0 Å². The van der Waals surface area contributed by atoms with Gasteiger partial charge in [0.05, 0.1) is 11.5 Å². The van der Waals surface area contributed by atoms with Crippen LogP contribution in [0.1, 0.15) is 12.5 Å². The lowest BCUT2D eigenvalue weighted by Crippen LogP contribution is -2.41. The smallest absolute Gasteiger partial charge is 0.240 e. The van der Waals surface area contributed by atoms with Crippen LogP contribution in [0.3, 0.4) is 0 Å². The van der Waals surface area contributed by atoms with Crippen molar-refractivity contribution in [1.82, 2.24) is 4.72 Å². The minimum atomic E-state index is -3.54. The zero-order valence-electron chi connectivity index (χ0n) is 10.8. The highest BCUT2D eigenvalue weighted by atomic mass is 79.9. The van der Waals surface area contributed by atoms with Crippen LogP contribution in [0.4, 0.5) is 0 Å². The summed E-state index contributed by atoms with van der Waals surface area (Å²) in [6, 6.07) is 6.37. The van der Waals surface area contributed by atoms with Crippen LogP contribution in [-0.4, -0.2) is 37.7 Å². The van der Waals surface area contributed by atoms with Crippen molar-refractivity contribution in [3.63, 3.8) is 0 Å². The summed E-state index contributed by atoms with van der Waals surface area (Å²) in [5, 5.41) is 9.71. The standard InChI is InChI=1S/C12H18BrNO3S2/c1-9(12(8-15)18-2)14-19(16,17)11-5-3-10(7-13)4-6-11/h3-6,9,12,14-15H,7-8H2,1-2H3. The van der Waals surface area contributed by atoms with Gasteiger partial charge in [-0.1, -0.05) is 28.1 Å². The van der Waals surface area contributed by atoms with Crippen LogP contribution in [0.2, 0.25) is 0 Å². The molecule has 0 saturated heterocycles. The molecular formula is C12H18BrNO3S2. The molecule has 108 valence electrons. The summed E-state index contributed by atoms with van der Waals surface area (Å²) in [6.45, 7) is 1.69. The van der Waals surface area contributed by atoms with E-state index < -0.39 is 10.0 Å². The largest absolute Gasteiger partial charge is 0.395 e. The second kappa shape index (κ2) is 7.64. The summed E-state index contributed by atoms with van der Waals surface area (Å²) in [6.07, 6.45) is 1.84. The average molecular weight is 368 g/mol. The summed E-state index contributed by atoms with van der Waals surface area (Å²) in [5.74, 6) is 0. The first-order valence-electron chi connectivity index (χ1n) is 5.75. The average Bonchev–Trinajstić information content (AvgIpc) is 2.39. The molecule has 0 aromatic heterocycles. The number of nitrogens with one attached hydrogen (secondary N) is 1. The van der Waals surface area contributed by atoms with E-state index in [9.17, 15) is 13.5 Å². The van der Waals surface area contributed by atoms with Gasteiger partial charge in [-0.25, -0.2) is 13.1 Å². The zero-order valence-corrected chi connectivity index (χ0v) is 14.1. The lowest BCUT2D eigenvalue weighted by Gasteiger charge is -2.21. The molecule has 1 aromatic carbocycles. The molecule has 2 N–H and O–H groups in total. The molecule has 1 aromatic rings. The number of thioether (sulfide) groups is 1. The number of hydrogen-bond acceptors (Lipinski definition) is 4. The SMILES string of the molecule is CSC(CO)C(C)NS(=O)(=O)c1ccc(CBr)cc1. The van der Waals surface area contributed by atoms with Crippen LogP contribution < -0.4 is 4.72 Å². The van der Waals surface area contributed by atoms with E-state index in [0.717, 1.165) is 5.56 Å². The number of hydrogen-bond donors (Lipinski definition) is 2. The predicted octanol–water partition coefficient (Wildman–Crippen LogP) is 1.97. The minimum Gasteiger partial charge on any atom is -0.395 e. The molecule has 0 fully saturated rings. The maximum atomic E-state index is 12.2. The van der Waals surface area contributed by atoms with E-state index in [2.05, 4.69) is 20.7 Å². The molecule has 2 unspecified atom stereocenters. The van der Waals surface area contributed by atoms with Gasteiger partial charge in [0.1, 0.15) is 0 Å². The molecule has 1 rings (SSSR count). The van der Waals surface area contributed by atoms with Gasteiger partial charge in [-0.3, -0.25) is 0 Å². The fourth-order valence-electron chi connectivity index (χ4n) is 1.58. The number of aliphatic hydroxyl groups is 1. The highest BCUT2D eigenvalue weighted by molar-refractivity contribution is 9.08. The van der Waals surface area contributed by atoms with Crippen molar-refractivity contribution >= 4 is 37.7 Å². The fourth-order valence-corrected chi connectivity index (χ4v) is 3.95. The van der Waals surface area contributed by atoms with Crippen LogP contribution in [0.15, 0.2) is 29.2 Å². The number of aliphatic hydroxyl groups excluding tert-OH is 1. The molecule has 0 aliphatic carbocycles. The van der Waals surface area contributed by atoms with Crippen LogP contribution in [0, 0.1) is 0 Å². The normalized spacial score (nSPS) is 15.2. The molecule has 0 spiro atoms. The van der Waals surface area contributed by atoms with E-state index in [4.69, 9.17) is 0 Å². The molecule has 0 bridgehead atoms. The van der Waals surface area contributed by atoms with Gasteiger partial charge in [0.15, 0.2) is 0 Å². The summed E-state index contributed by atoms with van der Waals surface area (Å²) in [4.78, 5) is 0.238. The molecule has 2 atom stereocenters. The summed E-state index contributed by atoms with van der Waals surface area (Å²) in [5.41, 5.74) is 1.02. The van der Waals surface area contributed by atoms with Gasteiger partial charge in [-0.2, -0.15) is 11.8 Å². The van der Waals surface area contributed by atoms with E-state index in [1.807, 2.05) is 6.26 Å². The van der Waals surface area contributed by atoms with Gasteiger partial charge in [-0.05, 0) is 30.9 Å². The van der Waals surface area contributed by atoms with Gasteiger partial charge < -0.3 is 5.11 Å². The summed E-state index contributed by atoms with van der Waals surface area (Å²) < 4.78 is 26.9. The Kier molecular flexibility index (Phi) is 6.82. The molecule has 7 heteroatoms. The van der Waals surface area contributed by atoms with Gasteiger partial charge in [0, 0.05) is 16.6 Å². The first kappa shape index (κ1) is 17.0. The van der Waals surface area contributed by atoms with Gasteiger partial charge in [-0.15, -0.1) is 0 Å². The molecule has 0 radical (unpaired) electrons. The van der Waals surface area contributed by atoms with Gasteiger partial charge >= 0.3 is 0 Å². The molecule has 0 saturated carbocycles. The van der Waals surface area contributed by atoms with E-state index in [1.165, 1.54) is 11.8 Å². The zero-order chi connectivity index (χ0) is 14.5. The number of rotatable bonds is 7. The second-order valence-electron chi connectivity index (χ2n) is 4.14. The van der Waals surface area contributed by atoms with E-state index >= 15 is 0 Å². The Morgan fingerprint density at radius 2 is 1.95 bits per heavy atom.